The van der Waals surface area contributed by atoms with Gasteiger partial charge in [0.05, 0.1) is 24.2 Å². The summed E-state index contributed by atoms with van der Waals surface area (Å²) in [5, 5.41) is 9.79. The number of benzene rings is 2. The fourth-order valence-electron chi connectivity index (χ4n) is 1.90. The molecule has 2 aromatic carbocycles. The minimum Gasteiger partial charge on any atom is -0.507 e. The van der Waals surface area contributed by atoms with Crippen molar-refractivity contribution < 1.29 is 9.52 Å². The van der Waals surface area contributed by atoms with Crippen LogP contribution in [0.4, 0.5) is 11.4 Å². The molecule has 1 N–H and O–H groups in total. The lowest BCUT2D eigenvalue weighted by Crippen LogP contribution is -1.77. The van der Waals surface area contributed by atoms with Gasteiger partial charge in [-0.05, 0) is 24.3 Å². The summed E-state index contributed by atoms with van der Waals surface area (Å²) in [6.45, 7) is 14.1. The van der Waals surface area contributed by atoms with Crippen molar-refractivity contribution in [3.63, 3.8) is 0 Å². The van der Waals surface area contributed by atoms with Gasteiger partial charge in [0.2, 0.25) is 5.89 Å². The molecule has 3 aromatic rings. The molecular weight excluding hydrogens is 254 g/mol. The number of fused-ring (bicyclic) bond motifs is 1. The molecule has 0 bridgehead atoms. The van der Waals surface area contributed by atoms with Crippen LogP contribution in [0.15, 0.2) is 40.8 Å². The molecule has 0 saturated heterocycles. The van der Waals surface area contributed by atoms with Gasteiger partial charge in [0.25, 0.3) is 0 Å². The molecule has 0 spiro atoms. The lowest BCUT2D eigenvalue weighted by molar-refractivity contribution is 0.474. The number of rotatable bonds is 1. The zero-order chi connectivity index (χ0) is 14.1. The summed E-state index contributed by atoms with van der Waals surface area (Å²) in [5.41, 5.74) is 1.85. The van der Waals surface area contributed by atoms with Gasteiger partial charge in [0.15, 0.2) is 11.4 Å². The van der Waals surface area contributed by atoms with Crippen LogP contribution in [0.5, 0.6) is 5.75 Å². The molecule has 0 atom stereocenters. The van der Waals surface area contributed by atoms with Gasteiger partial charge >= 0.3 is 0 Å². The van der Waals surface area contributed by atoms with E-state index in [4.69, 9.17) is 17.6 Å². The summed E-state index contributed by atoms with van der Waals surface area (Å²) in [4.78, 5) is 10.8. The predicted octanol–water partition coefficient (Wildman–Crippen LogP) is 4.30. The Labute approximate surface area is 114 Å². The van der Waals surface area contributed by atoms with Crippen molar-refractivity contribution in [1.29, 1.82) is 0 Å². The Morgan fingerprint density at radius 3 is 2.45 bits per heavy atom. The van der Waals surface area contributed by atoms with Crippen LogP contribution in [0, 0.1) is 13.1 Å². The van der Waals surface area contributed by atoms with Crippen LogP contribution >= 0.6 is 0 Å². The van der Waals surface area contributed by atoms with E-state index in [1.54, 1.807) is 24.3 Å². The Morgan fingerprint density at radius 1 is 1.05 bits per heavy atom. The summed E-state index contributed by atoms with van der Waals surface area (Å²) < 4.78 is 5.56. The third kappa shape index (κ3) is 1.75. The Bertz CT molecular complexity index is 847. The van der Waals surface area contributed by atoms with E-state index >= 15 is 0 Å². The molecular formula is C15H7N3O2. The molecule has 5 nitrogen and oxygen atoms in total. The minimum atomic E-state index is 0.0647. The summed E-state index contributed by atoms with van der Waals surface area (Å²) in [6, 6.07) is 9.70. The molecule has 0 saturated carbocycles. The largest absolute Gasteiger partial charge is 0.507 e. The van der Waals surface area contributed by atoms with E-state index in [9.17, 15) is 5.11 Å². The van der Waals surface area contributed by atoms with Gasteiger partial charge in [-0.3, -0.25) is 4.85 Å². The maximum absolute atomic E-state index is 9.79. The number of aromatic hydroxyl groups is 1. The highest BCUT2D eigenvalue weighted by atomic mass is 16.3. The van der Waals surface area contributed by atoms with Gasteiger partial charge in [0.1, 0.15) is 11.3 Å². The van der Waals surface area contributed by atoms with Gasteiger partial charge < -0.3 is 9.52 Å². The fraction of sp³-hybridized carbons (Fsp3) is 0. The van der Waals surface area contributed by atoms with Gasteiger partial charge in [-0.2, -0.15) is 0 Å². The van der Waals surface area contributed by atoms with Crippen LogP contribution in [-0.2, 0) is 0 Å². The molecule has 0 aliphatic rings. The third-order valence-electron chi connectivity index (χ3n) is 2.86. The average molecular weight is 261 g/mol. The van der Waals surface area contributed by atoms with Crippen molar-refractivity contribution in [2.45, 2.75) is 0 Å². The standard InChI is InChI=1S/C15H7N3O2/c1-16-10-7-12-14(8-11(10)17-2)20-15(18-12)9-5-3-4-6-13(9)19/h3-8,19H. The molecule has 0 amide bonds. The topological polar surface area (TPSA) is 55.0 Å². The van der Waals surface area contributed by atoms with Crippen LogP contribution < -0.4 is 0 Å². The van der Waals surface area contributed by atoms with Crippen molar-refractivity contribution in [3.05, 3.63) is 59.2 Å². The minimum absolute atomic E-state index is 0.0647. The molecule has 0 aliphatic carbocycles. The second-order valence-electron chi connectivity index (χ2n) is 4.07. The lowest BCUT2D eigenvalue weighted by atomic mass is 10.2. The van der Waals surface area contributed by atoms with Gasteiger partial charge in [-0.15, -0.1) is 0 Å². The quantitative estimate of drug-likeness (QED) is 0.664. The van der Waals surface area contributed by atoms with Crippen molar-refractivity contribution in [3.8, 4) is 17.2 Å². The smallest absolute Gasteiger partial charge is 0.230 e. The van der Waals surface area contributed by atoms with E-state index in [-0.39, 0.29) is 23.0 Å². The maximum Gasteiger partial charge on any atom is 0.230 e. The highest BCUT2D eigenvalue weighted by molar-refractivity contribution is 5.88. The zero-order valence-electron chi connectivity index (χ0n) is 10.2. The number of nitrogens with zero attached hydrogens (tertiary/aromatic N) is 3. The van der Waals surface area contributed by atoms with E-state index in [1.807, 2.05) is 0 Å². The first-order valence-corrected chi connectivity index (χ1v) is 5.71. The average Bonchev–Trinajstić information content (AvgIpc) is 2.88. The van der Waals surface area contributed by atoms with Crippen LogP contribution in [0.1, 0.15) is 0 Å². The van der Waals surface area contributed by atoms with Crippen molar-refractivity contribution in [1.82, 2.24) is 4.98 Å². The van der Waals surface area contributed by atoms with E-state index in [0.29, 0.717) is 16.7 Å². The number of hydrogen-bond donors (Lipinski definition) is 1. The number of aromatic nitrogens is 1. The van der Waals surface area contributed by atoms with Crippen LogP contribution in [0.25, 0.3) is 32.2 Å². The third-order valence-corrected chi connectivity index (χ3v) is 2.86. The molecule has 1 aromatic heterocycles. The molecule has 0 unspecified atom stereocenters. The normalized spacial score (nSPS) is 10.1. The van der Waals surface area contributed by atoms with Crippen LogP contribution in [0.3, 0.4) is 0 Å². The Hall–Kier alpha value is -3.31. The van der Waals surface area contributed by atoms with Crippen molar-refractivity contribution >= 4 is 22.5 Å². The summed E-state index contributed by atoms with van der Waals surface area (Å²) in [6.07, 6.45) is 0. The predicted molar refractivity (Wildman–Crippen MR) is 73.6 cm³/mol. The van der Waals surface area contributed by atoms with Gasteiger partial charge in [-0.1, -0.05) is 12.1 Å². The molecule has 0 radical (unpaired) electrons. The maximum atomic E-state index is 9.79. The van der Waals surface area contributed by atoms with Crippen molar-refractivity contribution in [2.75, 3.05) is 0 Å². The van der Waals surface area contributed by atoms with E-state index in [2.05, 4.69) is 14.7 Å². The second-order valence-corrected chi connectivity index (χ2v) is 4.07. The molecule has 20 heavy (non-hydrogen) atoms. The van der Waals surface area contributed by atoms with Gasteiger partial charge in [0, 0.05) is 0 Å². The van der Waals surface area contributed by atoms with E-state index in [0.717, 1.165) is 0 Å². The van der Waals surface area contributed by atoms with Crippen LogP contribution in [0.2, 0.25) is 0 Å². The van der Waals surface area contributed by atoms with Crippen LogP contribution in [-0.4, -0.2) is 10.1 Å². The van der Waals surface area contributed by atoms with Crippen molar-refractivity contribution in [2.24, 2.45) is 0 Å². The van der Waals surface area contributed by atoms with Gasteiger partial charge in [-0.25, -0.2) is 9.83 Å². The molecule has 3 rings (SSSR count). The lowest BCUT2D eigenvalue weighted by Gasteiger charge is -1.97. The number of hydrogen-bond acceptors (Lipinski definition) is 3. The highest BCUT2D eigenvalue weighted by Gasteiger charge is 2.14. The fourth-order valence-corrected chi connectivity index (χ4v) is 1.90. The number of para-hydroxylation sites is 1. The number of phenolic OH excluding ortho intramolecular Hbond substituents is 1. The number of phenols is 1. The molecule has 1 heterocycles. The number of oxazole rings is 1. The Morgan fingerprint density at radius 2 is 1.75 bits per heavy atom. The molecule has 0 fully saturated rings. The highest BCUT2D eigenvalue weighted by Crippen LogP contribution is 2.36. The first-order chi connectivity index (χ1) is 9.72. The second kappa shape index (κ2) is 4.42. The Kier molecular flexibility index (Phi) is 2.60. The van der Waals surface area contributed by atoms with E-state index in [1.165, 1.54) is 12.1 Å². The molecule has 94 valence electrons. The first-order valence-electron chi connectivity index (χ1n) is 5.71. The monoisotopic (exact) mass is 261 g/mol. The Balaban J connectivity index is 2.25. The molecule has 5 heteroatoms. The zero-order valence-corrected chi connectivity index (χ0v) is 10.2. The SMILES string of the molecule is [C-]#[N+]c1cc2nc(-c3ccccc3O)oc2cc1[N+]#[C-]. The summed E-state index contributed by atoms with van der Waals surface area (Å²) in [7, 11) is 0. The first kappa shape index (κ1) is 11.8. The summed E-state index contributed by atoms with van der Waals surface area (Å²) >= 11 is 0. The molecule has 0 aliphatic heterocycles. The van der Waals surface area contributed by atoms with E-state index < -0.39 is 0 Å². The summed E-state index contributed by atoms with van der Waals surface area (Å²) in [5.74, 6) is 0.325.